The van der Waals surface area contributed by atoms with Crippen LogP contribution >= 0.6 is 23.1 Å². The molecular formula is C16H13N5O2S2. The number of rotatable bonds is 5. The molecule has 0 atom stereocenters. The first-order chi connectivity index (χ1) is 12.2. The Bertz CT molecular complexity index is 1090. The number of aryl methyl sites for hydroxylation is 1. The molecule has 0 aliphatic carbocycles. The Labute approximate surface area is 150 Å². The van der Waals surface area contributed by atoms with Gasteiger partial charge in [0.15, 0.2) is 0 Å². The van der Waals surface area contributed by atoms with Gasteiger partial charge in [0.05, 0.1) is 33.8 Å². The van der Waals surface area contributed by atoms with Gasteiger partial charge in [0.2, 0.25) is 5.89 Å². The lowest BCUT2D eigenvalue weighted by atomic mass is 10.2. The van der Waals surface area contributed by atoms with E-state index in [9.17, 15) is 4.79 Å². The average molecular weight is 371 g/mol. The van der Waals surface area contributed by atoms with Gasteiger partial charge in [-0.2, -0.15) is 0 Å². The zero-order chi connectivity index (χ0) is 17.2. The Hall–Kier alpha value is -2.52. The minimum Gasteiger partial charge on any atom is -0.416 e. The van der Waals surface area contributed by atoms with E-state index < -0.39 is 0 Å². The second kappa shape index (κ2) is 6.77. The molecule has 9 heteroatoms. The standard InChI is InChI=1S/C16H13N5O2S2/c1-9-17-10(7-24-9)6-14-20-21-16(23-14)25-8-13-18-12-5-3-2-4-11(12)15(22)19-13/h2-5,7H,6,8H2,1H3,(H,18,19,22). The second-order valence-electron chi connectivity index (χ2n) is 5.31. The maximum atomic E-state index is 12.1. The monoisotopic (exact) mass is 371 g/mol. The van der Waals surface area contributed by atoms with Gasteiger partial charge in [-0.3, -0.25) is 4.79 Å². The van der Waals surface area contributed by atoms with E-state index in [-0.39, 0.29) is 5.56 Å². The number of thiazole rings is 1. The number of benzene rings is 1. The number of hydrogen-bond donors (Lipinski definition) is 1. The van der Waals surface area contributed by atoms with Gasteiger partial charge in [-0.05, 0) is 19.1 Å². The number of thioether (sulfide) groups is 1. The summed E-state index contributed by atoms with van der Waals surface area (Å²) in [4.78, 5) is 23.7. The van der Waals surface area contributed by atoms with Crippen molar-refractivity contribution in [1.29, 1.82) is 0 Å². The van der Waals surface area contributed by atoms with E-state index in [0.29, 0.717) is 40.0 Å². The molecule has 0 unspecified atom stereocenters. The zero-order valence-electron chi connectivity index (χ0n) is 13.2. The lowest BCUT2D eigenvalue weighted by Gasteiger charge is -2.00. The fourth-order valence-corrected chi connectivity index (χ4v) is 3.61. The number of para-hydroxylation sites is 1. The van der Waals surface area contributed by atoms with Crippen molar-refractivity contribution in [3.8, 4) is 0 Å². The number of aromatic nitrogens is 5. The van der Waals surface area contributed by atoms with Crippen molar-refractivity contribution < 1.29 is 4.42 Å². The summed E-state index contributed by atoms with van der Waals surface area (Å²) in [5.74, 6) is 1.54. The van der Waals surface area contributed by atoms with E-state index in [1.807, 2.05) is 30.5 Å². The van der Waals surface area contributed by atoms with Crippen LogP contribution in [0, 0.1) is 6.92 Å². The van der Waals surface area contributed by atoms with Crippen LogP contribution < -0.4 is 5.56 Å². The first-order valence-corrected chi connectivity index (χ1v) is 9.38. The highest BCUT2D eigenvalue weighted by atomic mass is 32.2. The minimum absolute atomic E-state index is 0.147. The van der Waals surface area contributed by atoms with Crippen LogP contribution in [0.15, 0.2) is 44.1 Å². The van der Waals surface area contributed by atoms with Crippen molar-refractivity contribution in [2.75, 3.05) is 0 Å². The van der Waals surface area contributed by atoms with Crippen molar-refractivity contribution in [3.05, 3.63) is 62.4 Å². The molecular weight excluding hydrogens is 358 g/mol. The van der Waals surface area contributed by atoms with Crippen LogP contribution in [0.2, 0.25) is 0 Å². The summed E-state index contributed by atoms with van der Waals surface area (Å²) < 4.78 is 5.62. The van der Waals surface area contributed by atoms with E-state index in [1.165, 1.54) is 11.8 Å². The average Bonchev–Trinajstić information content (AvgIpc) is 3.22. The van der Waals surface area contributed by atoms with Crippen molar-refractivity contribution in [1.82, 2.24) is 25.1 Å². The van der Waals surface area contributed by atoms with E-state index in [2.05, 4.69) is 25.1 Å². The number of nitrogens with zero attached hydrogens (tertiary/aromatic N) is 4. The molecule has 0 aliphatic rings. The second-order valence-corrected chi connectivity index (χ2v) is 7.30. The number of aromatic amines is 1. The minimum atomic E-state index is -0.147. The molecule has 0 saturated carbocycles. The third-order valence-electron chi connectivity index (χ3n) is 3.44. The van der Waals surface area contributed by atoms with Crippen molar-refractivity contribution >= 4 is 34.0 Å². The maximum absolute atomic E-state index is 12.1. The Morgan fingerprint density at radius 3 is 2.96 bits per heavy atom. The van der Waals surface area contributed by atoms with E-state index in [1.54, 1.807) is 17.4 Å². The summed E-state index contributed by atoms with van der Waals surface area (Å²) in [6.07, 6.45) is 0.517. The third kappa shape index (κ3) is 3.62. The molecule has 0 fully saturated rings. The molecule has 3 heterocycles. The highest BCUT2D eigenvalue weighted by Gasteiger charge is 2.11. The number of hydrogen-bond acceptors (Lipinski definition) is 8. The van der Waals surface area contributed by atoms with Crippen LogP contribution in [0.25, 0.3) is 10.9 Å². The molecule has 25 heavy (non-hydrogen) atoms. The molecule has 0 spiro atoms. The summed E-state index contributed by atoms with van der Waals surface area (Å²) in [7, 11) is 0. The molecule has 126 valence electrons. The van der Waals surface area contributed by atoms with Gasteiger partial charge in [0, 0.05) is 5.38 Å². The summed E-state index contributed by atoms with van der Waals surface area (Å²) in [6.45, 7) is 1.96. The predicted molar refractivity (Wildman–Crippen MR) is 95.9 cm³/mol. The molecule has 7 nitrogen and oxygen atoms in total. The summed E-state index contributed by atoms with van der Waals surface area (Å²) >= 11 is 2.93. The molecule has 0 saturated heterocycles. The normalized spacial score (nSPS) is 11.2. The van der Waals surface area contributed by atoms with Gasteiger partial charge in [0.25, 0.3) is 10.8 Å². The summed E-state index contributed by atoms with van der Waals surface area (Å²) in [5, 5.41) is 12.1. The largest absolute Gasteiger partial charge is 0.416 e. The molecule has 0 amide bonds. The molecule has 0 bridgehead atoms. The first-order valence-electron chi connectivity index (χ1n) is 7.51. The lowest BCUT2D eigenvalue weighted by molar-refractivity contribution is 0.419. The number of fused-ring (bicyclic) bond motifs is 1. The molecule has 1 aromatic carbocycles. The zero-order valence-corrected chi connectivity index (χ0v) is 14.9. The van der Waals surface area contributed by atoms with Crippen LogP contribution in [-0.2, 0) is 12.2 Å². The topological polar surface area (TPSA) is 97.6 Å². The first kappa shape index (κ1) is 16.0. The van der Waals surface area contributed by atoms with E-state index >= 15 is 0 Å². The Morgan fingerprint density at radius 2 is 2.12 bits per heavy atom. The Morgan fingerprint density at radius 1 is 1.24 bits per heavy atom. The maximum Gasteiger partial charge on any atom is 0.277 e. The van der Waals surface area contributed by atoms with Crippen LogP contribution in [0.5, 0.6) is 0 Å². The Kier molecular flexibility index (Phi) is 4.33. The highest BCUT2D eigenvalue weighted by molar-refractivity contribution is 7.98. The molecule has 0 aliphatic heterocycles. The van der Waals surface area contributed by atoms with E-state index in [4.69, 9.17) is 4.42 Å². The molecule has 4 rings (SSSR count). The third-order valence-corrected chi connectivity index (χ3v) is 5.09. The number of nitrogens with one attached hydrogen (secondary N) is 1. The van der Waals surface area contributed by atoms with Gasteiger partial charge < -0.3 is 9.40 Å². The van der Waals surface area contributed by atoms with E-state index in [0.717, 1.165) is 10.7 Å². The van der Waals surface area contributed by atoms with Crippen molar-refractivity contribution in [2.24, 2.45) is 0 Å². The fraction of sp³-hybridized carbons (Fsp3) is 0.188. The predicted octanol–water partition coefficient (Wildman–Crippen LogP) is 2.95. The summed E-state index contributed by atoms with van der Waals surface area (Å²) in [5.41, 5.74) is 1.45. The summed E-state index contributed by atoms with van der Waals surface area (Å²) in [6, 6.07) is 7.25. The Balaban J connectivity index is 1.46. The van der Waals surface area contributed by atoms with Gasteiger partial charge in [-0.25, -0.2) is 9.97 Å². The van der Waals surface area contributed by atoms with Crippen LogP contribution in [0.4, 0.5) is 0 Å². The van der Waals surface area contributed by atoms with Gasteiger partial charge in [-0.15, -0.1) is 21.5 Å². The molecule has 3 aromatic heterocycles. The smallest absolute Gasteiger partial charge is 0.277 e. The highest BCUT2D eigenvalue weighted by Crippen LogP contribution is 2.21. The van der Waals surface area contributed by atoms with Gasteiger partial charge in [-0.1, -0.05) is 23.9 Å². The lowest BCUT2D eigenvalue weighted by Crippen LogP contribution is -2.11. The van der Waals surface area contributed by atoms with Gasteiger partial charge >= 0.3 is 0 Å². The van der Waals surface area contributed by atoms with Crippen LogP contribution in [0.3, 0.4) is 0 Å². The number of H-pyrrole nitrogens is 1. The van der Waals surface area contributed by atoms with Crippen LogP contribution in [0.1, 0.15) is 22.4 Å². The fourth-order valence-electron chi connectivity index (χ4n) is 2.35. The van der Waals surface area contributed by atoms with Crippen LogP contribution in [-0.4, -0.2) is 25.1 Å². The molecule has 4 aromatic rings. The molecule has 1 N–H and O–H groups in total. The quantitative estimate of drug-likeness (QED) is 0.539. The molecule has 0 radical (unpaired) electrons. The van der Waals surface area contributed by atoms with Crippen molar-refractivity contribution in [3.63, 3.8) is 0 Å². The van der Waals surface area contributed by atoms with Gasteiger partial charge in [0.1, 0.15) is 5.82 Å². The van der Waals surface area contributed by atoms with Crippen molar-refractivity contribution in [2.45, 2.75) is 24.3 Å². The SMILES string of the molecule is Cc1nc(Cc2nnc(SCc3nc4ccccc4c(=O)[nH]3)o2)cs1.